The number of benzene rings is 1. The van der Waals surface area contributed by atoms with E-state index in [-0.39, 0.29) is 5.91 Å². The molecule has 1 aliphatic heterocycles. The first-order chi connectivity index (χ1) is 9.65. The van der Waals surface area contributed by atoms with Crippen molar-refractivity contribution in [3.63, 3.8) is 0 Å². The number of hydrogen-bond donors (Lipinski definition) is 0. The largest absolute Gasteiger partial charge is 0.361 e. The van der Waals surface area contributed by atoms with Crippen LogP contribution in [0.5, 0.6) is 0 Å². The molecule has 0 aromatic heterocycles. The van der Waals surface area contributed by atoms with Crippen molar-refractivity contribution in [2.45, 2.75) is 19.8 Å². The van der Waals surface area contributed by atoms with Gasteiger partial charge in [-0.15, -0.1) is 0 Å². The number of carbonyl (C=O) groups is 1. The Morgan fingerprint density at radius 1 is 1.40 bits per heavy atom. The molecular formula is C15H18ClN3O. The number of hydrogen-bond acceptors (Lipinski definition) is 3. The van der Waals surface area contributed by atoms with Crippen LogP contribution in [0.4, 0.5) is 5.69 Å². The lowest BCUT2D eigenvalue weighted by atomic mass is 10.1. The fourth-order valence-electron chi connectivity index (χ4n) is 2.49. The number of rotatable bonds is 3. The molecule has 0 aliphatic carbocycles. The van der Waals surface area contributed by atoms with Gasteiger partial charge < -0.3 is 9.80 Å². The zero-order valence-electron chi connectivity index (χ0n) is 11.6. The minimum Gasteiger partial charge on any atom is -0.361 e. The van der Waals surface area contributed by atoms with Gasteiger partial charge in [0.1, 0.15) is 6.07 Å². The predicted molar refractivity (Wildman–Crippen MR) is 79.9 cm³/mol. The van der Waals surface area contributed by atoms with Crippen molar-refractivity contribution < 1.29 is 4.79 Å². The number of nitriles is 1. The number of halogens is 1. The fraction of sp³-hybridized carbons (Fsp3) is 0.467. The summed E-state index contributed by atoms with van der Waals surface area (Å²) in [5.41, 5.74) is 1.32. The van der Waals surface area contributed by atoms with E-state index in [0.29, 0.717) is 17.1 Å². The van der Waals surface area contributed by atoms with E-state index in [2.05, 4.69) is 13.0 Å². The second-order valence-electron chi connectivity index (χ2n) is 4.93. The maximum atomic E-state index is 12.2. The molecule has 1 aliphatic rings. The van der Waals surface area contributed by atoms with Crippen LogP contribution in [-0.2, 0) is 4.79 Å². The van der Waals surface area contributed by atoms with Crippen LogP contribution in [-0.4, -0.2) is 37.0 Å². The van der Waals surface area contributed by atoms with Crippen LogP contribution in [0.2, 0.25) is 5.02 Å². The number of carbonyl (C=O) groups excluding carboxylic acids is 1. The number of anilines is 1. The second kappa shape index (κ2) is 6.62. The van der Waals surface area contributed by atoms with Crippen LogP contribution in [0.1, 0.15) is 25.3 Å². The van der Waals surface area contributed by atoms with Gasteiger partial charge in [-0.25, -0.2) is 0 Å². The molecular weight excluding hydrogens is 274 g/mol. The lowest BCUT2D eigenvalue weighted by molar-refractivity contribution is -0.129. The molecule has 4 nitrogen and oxygen atoms in total. The molecule has 20 heavy (non-hydrogen) atoms. The van der Waals surface area contributed by atoms with E-state index in [0.717, 1.165) is 38.2 Å². The Hall–Kier alpha value is -1.73. The Balaban J connectivity index is 2.24. The third kappa shape index (κ3) is 3.23. The number of nitrogens with zero attached hydrogens (tertiary/aromatic N) is 3. The molecule has 1 aromatic rings. The maximum absolute atomic E-state index is 12.2. The molecule has 1 heterocycles. The Labute approximate surface area is 124 Å². The summed E-state index contributed by atoms with van der Waals surface area (Å²) in [6.07, 6.45) is 1.87. The van der Waals surface area contributed by atoms with E-state index in [1.165, 1.54) is 0 Å². The summed E-state index contributed by atoms with van der Waals surface area (Å²) in [6, 6.07) is 7.34. The average molecular weight is 292 g/mol. The minimum atomic E-state index is 0.119. The molecule has 0 radical (unpaired) electrons. The van der Waals surface area contributed by atoms with Crippen LogP contribution in [0, 0.1) is 11.3 Å². The highest BCUT2D eigenvalue weighted by Crippen LogP contribution is 2.25. The van der Waals surface area contributed by atoms with Gasteiger partial charge in [0.2, 0.25) is 5.91 Å². The monoisotopic (exact) mass is 291 g/mol. The summed E-state index contributed by atoms with van der Waals surface area (Å²) >= 11 is 6.02. The van der Waals surface area contributed by atoms with E-state index < -0.39 is 0 Å². The fourth-order valence-corrected chi connectivity index (χ4v) is 2.66. The predicted octanol–water partition coefficient (Wildman–Crippen LogP) is 2.66. The SMILES string of the molecule is CCCN1CCCN(c2cc(Cl)ccc2C#N)CC1=O. The van der Waals surface area contributed by atoms with Crippen LogP contribution in [0.15, 0.2) is 18.2 Å². The zero-order valence-corrected chi connectivity index (χ0v) is 12.4. The standard InChI is InChI=1S/C15H18ClN3O/c1-2-6-18-7-3-8-19(11-15(18)20)14-9-13(16)5-4-12(14)10-17/h4-5,9H,2-3,6-8,11H2,1H3. The Bertz CT molecular complexity index is 538. The first-order valence-electron chi connectivity index (χ1n) is 6.88. The average Bonchev–Trinajstić information content (AvgIpc) is 2.62. The molecule has 1 saturated heterocycles. The van der Waals surface area contributed by atoms with Crippen molar-refractivity contribution in [1.82, 2.24) is 4.90 Å². The summed E-state index contributed by atoms with van der Waals surface area (Å²) in [4.78, 5) is 16.1. The van der Waals surface area contributed by atoms with Crippen LogP contribution < -0.4 is 4.90 Å². The van der Waals surface area contributed by atoms with E-state index in [9.17, 15) is 10.1 Å². The molecule has 0 N–H and O–H groups in total. The minimum absolute atomic E-state index is 0.119. The van der Waals surface area contributed by atoms with Crippen molar-refractivity contribution in [3.05, 3.63) is 28.8 Å². The lowest BCUT2D eigenvalue weighted by Gasteiger charge is -2.24. The second-order valence-corrected chi connectivity index (χ2v) is 5.37. The first-order valence-corrected chi connectivity index (χ1v) is 7.26. The van der Waals surface area contributed by atoms with Gasteiger partial charge in [0, 0.05) is 24.7 Å². The summed E-state index contributed by atoms with van der Waals surface area (Å²) < 4.78 is 0. The maximum Gasteiger partial charge on any atom is 0.242 e. The highest BCUT2D eigenvalue weighted by molar-refractivity contribution is 6.30. The van der Waals surface area contributed by atoms with Gasteiger partial charge >= 0.3 is 0 Å². The molecule has 5 heteroatoms. The van der Waals surface area contributed by atoms with Gasteiger partial charge in [-0.3, -0.25) is 4.79 Å². The van der Waals surface area contributed by atoms with Gasteiger partial charge in [0.05, 0.1) is 17.8 Å². The lowest BCUT2D eigenvalue weighted by Crippen LogP contribution is -2.37. The van der Waals surface area contributed by atoms with E-state index >= 15 is 0 Å². The molecule has 1 aromatic carbocycles. The smallest absolute Gasteiger partial charge is 0.242 e. The zero-order chi connectivity index (χ0) is 14.5. The van der Waals surface area contributed by atoms with Gasteiger partial charge in [0.25, 0.3) is 0 Å². The highest BCUT2D eigenvalue weighted by atomic mass is 35.5. The summed E-state index contributed by atoms with van der Waals surface area (Å²) in [5.74, 6) is 0.119. The topological polar surface area (TPSA) is 47.3 Å². The molecule has 1 fully saturated rings. The third-order valence-electron chi connectivity index (χ3n) is 3.45. The van der Waals surface area contributed by atoms with Gasteiger partial charge in [-0.1, -0.05) is 18.5 Å². The summed E-state index contributed by atoms with van der Waals surface area (Å²) in [7, 11) is 0. The highest BCUT2D eigenvalue weighted by Gasteiger charge is 2.22. The Morgan fingerprint density at radius 3 is 2.90 bits per heavy atom. The van der Waals surface area contributed by atoms with Crippen molar-refractivity contribution in [2.75, 3.05) is 31.1 Å². The first kappa shape index (κ1) is 14.7. The van der Waals surface area contributed by atoms with Crippen LogP contribution in [0.3, 0.4) is 0 Å². The van der Waals surface area contributed by atoms with Gasteiger partial charge in [-0.2, -0.15) is 5.26 Å². The third-order valence-corrected chi connectivity index (χ3v) is 3.68. The summed E-state index contributed by atoms with van der Waals surface area (Å²) in [5, 5.41) is 9.78. The number of amides is 1. The van der Waals surface area contributed by atoms with Crippen LogP contribution in [0.25, 0.3) is 0 Å². The summed E-state index contributed by atoms with van der Waals surface area (Å²) in [6.45, 7) is 4.73. The normalized spacial score (nSPS) is 15.9. The Kier molecular flexibility index (Phi) is 4.86. The molecule has 0 atom stereocenters. The molecule has 0 unspecified atom stereocenters. The van der Waals surface area contributed by atoms with Gasteiger partial charge in [-0.05, 0) is 31.0 Å². The molecule has 1 amide bonds. The van der Waals surface area contributed by atoms with E-state index in [1.54, 1.807) is 18.2 Å². The van der Waals surface area contributed by atoms with Crippen molar-refractivity contribution in [2.24, 2.45) is 0 Å². The Morgan fingerprint density at radius 2 is 2.20 bits per heavy atom. The van der Waals surface area contributed by atoms with Crippen LogP contribution >= 0.6 is 11.6 Å². The molecule has 2 rings (SSSR count). The molecule has 0 bridgehead atoms. The molecule has 0 saturated carbocycles. The van der Waals surface area contributed by atoms with Gasteiger partial charge in [0.15, 0.2) is 0 Å². The van der Waals surface area contributed by atoms with E-state index in [4.69, 9.17) is 11.6 Å². The van der Waals surface area contributed by atoms with Crippen molar-refractivity contribution in [3.8, 4) is 6.07 Å². The molecule has 0 spiro atoms. The van der Waals surface area contributed by atoms with Crippen molar-refractivity contribution in [1.29, 1.82) is 5.26 Å². The van der Waals surface area contributed by atoms with Crippen molar-refractivity contribution >= 4 is 23.2 Å². The van der Waals surface area contributed by atoms with E-state index in [1.807, 2.05) is 9.80 Å². The quantitative estimate of drug-likeness (QED) is 0.860. The molecule has 106 valence electrons.